The second-order valence-electron chi connectivity index (χ2n) is 8.92. The van der Waals surface area contributed by atoms with Gasteiger partial charge in [-0.1, -0.05) is 29.8 Å². The number of amides is 3. The Hall–Kier alpha value is -3.13. The number of nitrogens with zero attached hydrogens (tertiary/aromatic N) is 1. The number of nitrogens with one attached hydrogen (secondary N) is 2. The minimum atomic E-state index is -1.04. The topological polar surface area (TPSA) is 87.7 Å². The van der Waals surface area contributed by atoms with E-state index in [1.54, 1.807) is 41.3 Å². The van der Waals surface area contributed by atoms with Gasteiger partial charge in [-0.15, -0.1) is 0 Å². The highest BCUT2D eigenvalue weighted by atomic mass is 35.5. The Bertz CT molecular complexity index is 1110. The summed E-state index contributed by atoms with van der Waals surface area (Å²) in [6.45, 7) is 3.61. The van der Waals surface area contributed by atoms with Gasteiger partial charge in [0, 0.05) is 29.5 Å². The highest BCUT2D eigenvalue weighted by molar-refractivity contribution is 6.30. The van der Waals surface area contributed by atoms with Crippen molar-refractivity contribution in [2.75, 3.05) is 11.5 Å². The van der Waals surface area contributed by atoms with Gasteiger partial charge >= 0.3 is 0 Å². The van der Waals surface area contributed by atoms with E-state index < -0.39 is 23.8 Å². The average molecular weight is 488 g/mol. The Morgan fingerprint density at radius 3 is 2.62 bits per heavy atom. The first-order chi connectivity index (χ1) is 16.2. The molecule has 2 atom stereocenters. The van der Waals surface area contributed by atoms with Crippen LogP contribution in [0.1, 0.15) is 32.3 Å². The molecule has 34 heavy (non-hydrogen) atoms. The molecule has 0 spiro atoms. The first kappa shape index (κ1) is 24.0. The van der Waals surface area contributed by atoms with E-state index in [-0.39, 0.29) is 36.8 Å². The molecule has 4 rings (SSSR count). The van der Waals surface area contributed by atoms with Gasteiger partial charge in [-0.05, 0) is 50.5 Å². The van der Waals surface area contributed by atoms with Gasteiger partial charge in [-0.25, -0.2) is 4.39 Å². The van der Waals surface area contributed by atoms with E-state index >= 15 is 0 Å². The van der Waals surface area contributed by atoms with E-state index in [0.29, 0.717) is 22.0 Å². The normalized spacial score (nSPS) is 18.6. The Morgan fingerprint density at radius 1 is 1.21 bits per heavy atom. The van der Waals surface area contributed by atoms with Crippen molar-refractivity contribution in [2.24, 2.45) is 5.92 Å². The largest absolute Gasteiger partial charge is 0.489 e. The lowest BCUT2D eigenvalue weighted by molar-refractivity contribution is -0.132. The molecular formula is C25H27ClFN3O4. The summed E-state index contributed by atoms with van der Waals surface area (Å²) in [6.07, 6.45) is 1.49. The predicted octanol–water partition coefficient (Wildman–Crippen LogP) is 3.24. The fourth-order valence-electron chi connectivity index (χ4n) is 3.97. The number of carbonyl (C=O) groups excluding carboxylic acids is 3. The third-order valence-corrected chi connectivity index (χ3v) is 6.15. The van der Waals surface area contributed by atoms with Gasteiger partial charge in [0.1, 0.15) is 30.3 Å². The number of hydrogen-bond acceptors (Lipinski definition) is 4. The van der Waals surface area contributed by atoms with Crippen LogP contribution in [0.15, 0.2) is 42.5 Å². The number of anilines is 1. The van der Waals surface area contributed by atoms with Crippen molar-refractivity contribution in [2.45, 2.75) is 51.2 Å². The van der Waals surface area contributed by atoms with Crippen molar-refractivity contribution >= 4 is 35.0 Å². The average Bonchev–Trinajstić information content (AvgIpc) is 3.64. The maximum Gasteiger partial charge on any atom is 0.253 e. The smallest absolute Gasteiger partial charge is 0.253 e. The molecule has 9 heteroatoms. The molecule has 1 aliphatic heterocycles. The second kappa shape index (κ2) is 10.0. The Morgan fingerprint density at radius 2 is 1.94 bits per heavy atom. The summed E-state index contributed by atoms with van der Waals surface area (Å²) in [5.41, 5.74) is 0.860. The summed E-state index contributed by atoms with van der Waals surface area (Å²) in [5, 5.41) is 5.92. The number of ether oxygens (including phenoxy) is 1. The molecular weight excluding hydrogens is 461 g/mol. The quantitative estimate of drug-likeness (QED) is 0.627. The van der Waals surface area contributed by atoms with E-state index in [1.807, 2.05) is 13.8 Å². The van der Waals surface area contributed by atoms with Crippen LogP contribution in [0.25, 0.3) is 0 Å². The predicted molar refractivity (Wildman–Crippen MR) is 126 cm³/mol. The van der Waals surface area contributed by atoms with Crippen molar-refractivity contribution in [3.8, 4) is 5.75 Å². The molecule has 180 valence electrons. The number of halogens is 2. The molecule has 1 aliphatic carbocycles. The van der Waals surface area contributed by atoms with Gasteiger partial charge in [-0.3, -0.25) is 14.4 Å². The summed E-state index contributed by atoms with van der Waals surface area (Å²) < 4.78 is 20.1. The summed E-state index contributed by atoms with van der Waals surface area (Å²) in [4.78, 5) is 40.7. The number of carbonyl (C=O) groups is 3. The number of hydrogen-bond donors (Lipinski definition) is 2. The molecule has 0 radical (unpaired) electrons. The third-order valence-electron chi connectivity index (χ3n) is 5.92. The Labute approximate surface area is 202 Å². The van der Waals surface area contributed by atoms with E-state index in [0.717, 1.165) is 12.8 Å². The van der Waals surface area contributed by atoms with Gasteiger partial charge in [0.2, 0.25) is 11.8 Å². The fourth-order valence-corrected chi connectivity index (χ4v) is 4.13. The first-order valence-corrected chi connectivity index (χ1v) is 11.7. The molecule has 0 saturated heterocycles. The molecule has 7 nitrogen and oxygen atoms in total. The minimum Gasteiger partial charge on any atom is -0.489 e. The van der Waals surface area contributed by atoms with Crippen LogP contribution in [0.5, 0.6) is 5.75 Å². The summed E-state index contributed by atoms with van der Waals surface area (Å²) in [5.74, 6) is -1.32. The summed E-state index contributed by atoms with van der Waals surface area (Å²) in [6, 6.07) is 8.85. The lowest BCUT2D eigenvalue weighted by Crippen LogP contribution is -2.57. The molecule has 1 fully saturated rings. The van der Waals surface area contributed by atoms with Crippen LogP contribution in [0.3, 0.4) is 0 Å². The van der Waals surface area contributed by atoms with Crippen LogP contribution in [0.4, 0.5) is 10.1 Å². The van der Waals surface area contributed by atoms with Crippen LogP contribution < -0.4 is 20.3 Å². The van der Waals surface area contributed by atoms with Crippen molar-refractivity contribution in [3.63, 3.8) is 0 Å². The minimum absolute atomic E-state index is 0.0392. The van der Waals surface area contributed by atoms with Gasteiger partial charge in [-0.2, -0.15) is 0 Å². The van der Waals surface area contributed by atoms with Crippen LogP contribution in [0.2, 0.25) is 5.02 Å². The first-order valence-electron chi connectivity index (χ1n) is 11.3. The Balaban J connectivity index is 1.55. The summed E-state index contributed by atoms with van der Waals surface area (Å²) in [7, 11) is 0. The molecule has 0 unspecified atom stereocenters. The lowest BCUT2D eigenvalue weighted by atomic mass is 10.0. The van der Waals surface area contributed by atoms with Crippen LogP contribution in [-0.2, 0) is 20.8 Å². The molecule has 3 amide bonds. The zero-order chi connectivity index (χ0) is 24.4. The van der Waals surface area contributed by atoms with E-state index in [2.05, 4.69) is 10.6 Å². The maximum atomic E-state index is 14.3. The summed E-state index contributed by atoms with van der Waals surface area (Å²) >= 11 is 6.10. The van der Waals surface area contributed by atoms with Crippen LogP contribution in [-0.4, -0.2) is 42.5 Å². The maximum absolute atomic E-state index is 14.3. The van der Waals surface area contributed by atoms with Gasteiger partial charge in [0.25, 0.3) is 5.91 Å². The van der Waals surface area contributed by atoms with Crippen LogP contribution in [0, 0.1) is 11.7 Å². The molecule has 2 aromatic carbocycles. The number of rotatable bonds is 7. The van der Waals surface area contributed by atoms with E-state index in [4.69, 9.17) is 16.3 Å². The van der Waals surface area contributed by atoms with Crippen molar-refractivity contribution in [3.05, 3.63) is 58.9 Å². The number of fused-ring (bicyclic) bond motifs is 1. The molecule has 2 aromatic rings. The molecule has 2 N–H and O–H groups in total. The van der Waals surface area contributed by atoms with Gasteiger partial charge in [0.05, 0.1) is 5.69 Å². The highest BCUT2D eigenvalue weighted by Gasteiger charge is 2.37. The number of benzene rings is 2. The SMILES string of the molecule is CC(C)N1C(=O)[C@H](NC(=O)[C@@H](Cc2ccccc2F)NC(=O)C2CC2)COc2cc(Cl)ccc21. The monoisotopic (exact) mass is 487 g/mol. The third kappa shape index (κ3) is 5.33. The standard InChI is InChI=1S/C25H27ClFN3O4/c1-14(2)30-21-10-9-17(26)12-22(21)34-13-20(25(30)33)29-24(32)19(28-23(31)15-7-8-15)11-16-5-3-4-6-18(16)27/h3-6,9-10,12,14-15,19-20H,7-8,11,13H2,1-2H3,(H,28,31)(H,29,32)/t19-,20-/m1/s1. The second-order valence-corrected chi connectivity index (χ2v) is 9.35. The molecule has 2 aliphatic rings. The molecule has 1 heterocycles. The molecule has 0 aromatic heterocycles. The lowest BCUT2D eigenvalue weighted by Gasteiger charge is -2.29. The zero-order valence-corrected chi connectivity index (χ0v) is 19.8. The van der Waals surface area contributed by atoms with E-state index in [9.17, 15) is 18.8 Å². The van der Waals surface area contributed by atoms with Gasteiger partial charge in [0.15, 0.2) is 0 Å². The highest BCUT2D eigenvalue weighted by Crippen LogP contribution is 2.35. The fraction of sp³-hybridized carbons (Fsp3) is 0.400. The zero-order valence-electron chi connectivity index (χ0n) is 19.0. The molecule has 1 saturated carbocycles. The van der Waals surface area contributed by atoms with Crippen LogP contribution >= 0.6 is 11.6 Å². The van der Waals surface area contributed by atoms with Crippen molar-refractivity contribution in [1.82, 2.24) is 10.6 Å². The molecule has 0 bridgehead atoms. The van der Waals surface area contributed by atoms with E-state index in [1.165, 1.54) is 6.07 Å². The van der Waals surface area contributed by atoms with Gasteiger partial charge < -0.3 is 20.3 Å². The van der Waals surface area contributed by atoms with Crippen molar-refractivity contribution in [1.29, 1.82) is 0 Å². The Kier molecular flexibility index (Phi) is 7.07. The van der Waals surface area contributed by atoms with Crippen molar-refractivity contribution < 1.29 is 23.5 Å².